The number of aliphatic carboxylic acids is 1. The molecule has 4 nitrogen and oxygen atoms in total. The molecule has 15 heavy (non-hydrogen) atoms. The second-order valence-corrected chi connectivity index (χ2v) is 4.09. The van der Waals surface area contributed by atoms with Crippen molar-refractivity contribution in [2.24, 2.45) is 0 Å². The van der Waals surface area contributed by atoms with Crippen LogP contribution in [0, 0.1) is 0 Å². The summed E-state index contributed by atoms with van der Waals surface area (Å²) in [6.45, 7) is 1.65. The maximum absolute atomic E-state index is 10.9. The van der Waals surface area contributed by atoms with Crippen LogP contribution in [0.3, 0.4) is 0 Å². The Morgan fingerprint density at radius 2 is 2.13 bits per heavy atom. The quantitative estimate of drug-likeness (QED) is 0.758. The second kappa shape index (κ2) is 4.04. The highest BCUT2D eigenvalue weighted by molar-refractivity contribution is 5.75. The second-order valence-electron chi connectivity index (χ2n) is 4.09. The lowest BCUT2D eigenvalue weighted by Gasteiger charge is -2.04. The van der Waals surface area contributed by atoms with Gasteiger partial charge in [-0.05, 0) is 32.6 Å². The zero-order chi connectivity index (χ0) is 10.8. The highest BCUT2D eigenvalue weighted by Crippen LogP contribution is 2.28. The van der Waals surface area contributed by atoms with E-state index >= 15 is 0 Å². The SMILES string of the molecule is CC(C(=O)O)c1onc2c1CCCCC2. The number of hydrogen-bond donors (Lipinski definition) is 1. The van der Waals surface area contributed by atoms with E-state index < -0.39 is 11.9 Å². The van der Waals surface area contributed by atoms with Crippen molar-refractivity contribution < 1.29 is 14.4 Å². The van der Waals surface area contributed by atoms with E-state index in [0.29, 0.717) is 5.76 Å². The molecule has 0 bridgehead atoms. The van der Waals surface area contributed by atoms with Crippen molar-refractivity contribution in [2.45, 2.75) is 44.9 Å². The molecule has 0 amide bonds. The number of rotatable bonds is 2. The summed E-state index contributed by atoms with van der Waals surface area (Å²) in [4.78, 5) is 10.9. The number of hydrogen-bond acceptors (Lipinski definition) is 3. The van der Waals surface area contributed by atoms with E-state index in [9.17, 15) is 4.79 Å². The molecule has 0 radical (unpaired) electrons. The van der Waals surface area contributed by atoms with Gasteiger partial charge >= 0.3 is 5.97 Å². The lowest BCUT2D eigenvalue weighted by Crippen LogP contribution is -2.08. The molecule has 0 spiro atoms. The maximum atomic E-state index is 10.9. The van der Waals surface area contributed by atoms with Crippen LogP contribution in [0.1, 0.15) is 49.1 Å². The van der Waals surface area contributed by atoms with Crippen molar-refractivity contribution in [3.63, 3.8) is 0 Å². The van der Waals surface area contributed by atoms with Crippen LogP contribution in [-0.4, -0.2) is 16.2 Å². The molecule has 1 unspecified atom stereocenters. The standard InChI is InChI=1S/C11H15NO3/c1-7(11(13)14)10-8-5-3-2-4-6-9(8)12-15-10/h7H,2-6H2,1H3,(H,13,14). The predicted octanol–water partition coefficient (Wildman–Crippen LogP) is 2.13. The maximum Gasteiger partial charge on any atom is 0.314 e. The highest BCUT2D eigenvalue weighted by Gasteiger charge is 2.26. The van der Waals surface area contributed by atoms with Crippen molar-refractivity contribution in [3.05, 3.63) is 17.0 Å². The monoisotopic (exact) mass is 209 g/mol. The summed E-state index contributed by atoms with van der Waals surface area (Å²) < 4.78 is 5.17. The Bertz CT molecular complexity index is 370. The van der Waals surface area contributed by atoms with E-state index in [4.69, 9.17) is 9.63 Å². The van der Waals surface area contributed by atoms with Gasteiger partial charge in [-0.3, -0.25) is 4.79 Å². The van der Waals surface area contributed by atoms with Gasteiger partial charge in [0.05, 0.1) is 5.69 Å². The fourth-order valence-electron chi connectivity index (χ4n) is 2.04. The molecule has 0 saturated carbocycles. The van der Waals surface area contributed by atoms with Crippen LogP contribution in [0.5, 0.6) is 0 Å². The Labute approximate surface area is 88.3 Å². The average Bonchev–Trinajstić information content (AvgIpc) is 2.46. The van der Waals surface area contributed by atoms with E-state index in [2.05, 4.69) is 5.16 Å². The first-order chi connectivity index (χ1) is 7.20. The molecule has 1 aromatic rings. The topological polar surface area (TPSA) is 63.3 Å². The molecule has 0 fully saturated rings. The van der Waals surface area contributed by atoms with Gasteiger partial charge in [0.15, 0.2) is 5.76 Å². The number of fused-ring (bicyclic) bond motifs is 1. The van der Waals surface area contributed by atoms with Crippen LogP contribution in [0.2, 0.25) is 0 Å². The van der Waals surface area contributed by atoms with E-state index in [0.717, 1.165) is 36.9 Å². The molecule has 4 heteroatoms. The van der Waals surface area contributed by atoms with Gasteiger partial charge in [-0.15, -0.1) is 0 Å². The summed E-state index contributed by atoms with van der Waals surface area (Å²) in [5.74, 6) is -0.878. The first-order valence-corrected chi connectivity index (χ1v) is 5.40. The van der Waals surface area contributed by atoms with Crippen LogP contribution in [0.25, 0.3) is 0 Å². The Hall–Kier alpha value is -1.32. The molecular formula is C11H15NO3. The Balaban J connectivity index is 2.33. The number of aryl methyl sites for hydroxylation is 1. The smallest absolute Gasteiger partial charge is 0.314 e. The largest absolute Gasteiger partial charge is 0.481 e. The fraction of sp³-hybridized carbons (Fsp3) is 0.636. The molecule has 1 aromatic heterocycles. The summed E-state index contributed by atoms with van der Waals surface area (Å²) in [5, 5.41) is 12.9. The molecule has 1 atom stereocenters. The Morgan fingerprint density at radius 3 is 2.87 bits per heavy atom. The van der Waals surface area contributed by atoms with Crippen molar-refractivity contribution >= 4 is 5.97 Å². The van der Waals surface area contributed by atoms with Gasteiger partial charge in [0.2, 0.25) is 0 Å². The van der Waals surface area contributed by atoms with Gasteiger partial charge in [-0.25, -0.2) is 0 Å². The van der Waals surface area contributed by atoms with Crippen molar-refractivity contribution in [1.29, 1.82) is 0 Å². The lowest BCUT2D eigenvalue weighted by molar-refractivity contribution is -0.138. The van der Waals surface area contributed by atoms with Crippen LogP contribution in [-0.2, 0) is 17.6 Å². The van der Waals surface area contributed by atoms with E-state index in [1.54, 1.807) is 6.92 Å². The molecule has 82 valence electrons. The minimum atomic E-state index is -0.849. The van der Waals surface area contributed by atoms with Crippen molar-refractivity contribution in [3.8, 4) is 0 Å². The fourth-order valence-corrected chi connectivity index (χ4v) is 2.04. The number of carboxylic acid groups (broad SMARTS) is 1. The zero-order valence-corrected chi connectivity index (χ0v) is 8.82. The minimum Gasteiger partial charge on any atom is -0.481 e. The molecule has 0 aromatic carbocycles. The van der Waals surface area contributed by atoms with Gasteiger partial charge in [-0.1, -0.05) is 11.6 Å². The van der Waals surface area contributed by atoms with E-state index in [-0.39, 0.29) is 0 Å². The average molecular weight is 209 g/mol. The van der Waals surface area contributed by atoms with Gasteiger partial charge in [0.25, 0.3) is 0 Å². The molecule has 2 rings (SSSR count). The Morgan fingerprint density at radius 1 is 1.40 bits per heavy atom. The third-order valence-electron chi connectivity index (χ3n) is 3.00. The van der Waals surface area contributed by atoms with Crippen LogP contribution in [0.4, 0.5) is 0 Å². The van der Waals surface area contributed by atoms with Crippen LogP contribution >= 0.6 is 0 Å². The number of carboxylic acids is 1. The predicted molar refractivity (Wildman–Crippen MR) is 53.8 cm³/mol. The molecule has 0 saturated heterocycles. The zero-order valence-electron chi connectivity index (χ0n) is 8.82. The van der Waals surface area contributed by atoms with Gasteiger partial charge in [0.1, 0.15) is 5.92 Å². The first kappa shape index (κ1) is 10.2. The molecule has 1 aliphatic rings. The van der Waals surface area contributed by atoms with Crippen molar-refractivity contribution in [2.75, 3.05) is 0 Å². The Kier molecular flexibility index (Phi) is 2.75. The molecule has 1 N–H and O–H groups in total. The molecule has 0 aliphatic heterocycles. The summed E-state index contributed by atoms with van der Waals surface area (Å²) >= 11 is 0. The van der Waals surface area contributed by atoms with Gasteiger partial charge < -0.3 is 9.63 Å². The summed E-state index contributed by atoms with van der Waals surface area (Å²) in [5.41, 5.74) is 2.01. The number of carbonyl (C=O) groups is 1. The first-order valence-electron chi connectivity index (χ1n) is 5.40. The van der Waals surface area contributed by atoms with Gasteiger partial charge in [0, 0.05) is 5.56 Å². The van der Waals surface area contributed by atoms with E-state index in [1.807, 2.05) is 0 Å². The van der Waals surface area contributed by atoms with Gasteiger partial charge in [-0.2, -0.15) is 0 Å². The molecular weight excluding hydrogens is 194 g/mol. The third-order valence-corrected chi connectivity index (χ3v) is 3.00. The lowest BCUT2D eigenvalue weighted by atomic mass is 10.0. The number of nitrogens with zero attached hydrogens (tertiary/aromatic N) is 1. The van der Waals surface area contributed by atoms with Crippen molar-refractivity contribution in [1.82, 2.24) is 5.16 Å². The van der Waals surface area contributed by atoms with Crippen LogP contribution < -0.4 is 0 Å². The third kappa shape index (κ3) is 1.89. The summed E-state index contributed by atoms with van der Waals surface area (Å²) in [7, 11) is 0. The molecule has 1 heterocycles. The highest BCUT2D eigenvalue weighted by atomic mass is 16.5. The summed E-state index contributed by atoms with van der Waals surface area (Å²) in [6.07, 6.45) is 5.25. The summed E-state index contributed by atoms with van der Waals surface area (Å²) in [6, 6.07) is 0. The van der Waals surface area contributed by atoms with Crippen LogP contribution in [0.15, 0.2) is 4.52 Å². The minimum absolute atomic E-state index is 0.555. The van der Waals surface area contributed by atoms with E-state index in [1.165, 1.54) is 6.42 Å². The normalized spacial score (nSPS) is 17.9. The molecule has 1 aliphatic carbocycles. The number of aromatic nitrogens is 1.